The number of hydrogen-bond acceptors (Lipinski definition) is 1. The van der Waals surface area contributed by atoms with Crippen LogP contribution in [0.15, 0.2) is 53.0 Å². The molecule has 0 amide bonds. The molecule has 0 fully saturated rings. The highest BCUT2D eigenvalue weighted by atomic mass is 79.9. The summed E-state index contributed by atoms with van der Waals surface area (Å²) in [6.45, 7) is 0. The van der Waals surface area contributed by atoms with Crippen LogP contribution in [0.4, 0.5) is 0 Å². The van der Waals surface area contributed by atoms with E-state index in [2.05, 4.69) is 46.3 Å². The van der Waals surface area contributed by atoms with Crippen LogP contribution in [0.3, 0.4) is 0 Å². The third-order valence-electron chi connectivity index (χ3n) is 4.27. The maximum absolute atomic E-state index is 10.7. The van der Waals surface area contributed by atoms with E-state index in [1.807, 2.05) is 18.2 Å². The standard InChI is InChI=1S/C18H19BrO/c19-17-11-4-2-7-14(17)12-18(20)16-10-5-8-13-6-1-3-9-15(13)16/h1-4,6-7,9,11,16,18,20H,5,8,10,12H2. The van der Waals surface area contributed by atoms with Crippen LogP contribution in [0.2, 0.25) is 0 Å². The molecule has 1 aliphatic rings. The zero-order valence-electron chi connectivity index (χ0n) is 11.4. The second kappa shape index (κ2) is 6.11. The van der Waals surface area contributed by atoms with Crippen molar-refractivity contribution < 1.29 is 5.11 Å². The van der Waals surface area contributed by atoms with Gasteiger partial charge in [-0.1, -0.05) is 58.4 Å². The van der Waals surface area contributed by atoms with Crippen molar-refractivity contribution in [2.45, 2.75) is 37.7 Å². The molecule has 2 aromatic carbocycles. The molecule has 1 N–H and O–H groups in total. The molecule has 0 radical (unpaired) electrons. The maximum atomic E-state index is 10.7. The van der Waals surface area contributed by atoms with Gasteiger partial charge in [-0.05, 0) is 42.0 Å². The monoisotopic (exact) mass is 330 g/mol. The maximum Gasteiger partial charge on any atom is 0.0649 e. The summed E-state index contributed by atoms with van der Waals surface area (Å²) in [7, 11) is 0. The van der Waals surface area contributed by atoms with Crippen LogP contribution in [0.5, 0.6) is 0 Å². The first-order valence-electron chi connectivity index (χ1n) is 7.25. The third-order valence-corrected chi connectivity index (χ3v) is 5.04. The average molecular weight is 331 g/mol. The molecule has 0 aromatic heterocycles. The Labute approximate surface area is 128 Å². The predicted octanol–water partition coefficient (Wildman–Crippen LogP) is 4.47. The van der Waals surface area contributed by atoms with Gasteiger partial charge < -0.3 is 5.11 Å². The first kappa shape index (κ1) is 13.8. The Morgan fingerprint density at radius 3 is 2.70 bits per heavy atom. The van der Waals surface area contributed by atoms with E-state index >= 15 is 0 Å². The molecule has 20 heavy (non-hydrogen) atoms. The average Bonchev–Trinajstić information content (AvgIpc) is 2.49. The first-order valence-corrected chi connectivity index (χ1v) is 8.04. The minimum atomic E-state index is -0.310. The number of aliphatic hydroxyl groups is 1. The van der Waals surface area contributed by atoms with Crippen molar-refractivity contribution in [3.8, 4) is 0 Å². The fourth-order valence-electron chi connectivity index (χ4n) is 3.22. The summed E-state index contributed by atoms with van der Waals surface area (Å²) >= 11 is 3.57. The lowest BCUT2D eigenvalue weighted by atomic mass is 9.78. The molecule has 2 atom stereocenters. The molecule has 0 heterocycles. The van der Waals surface area contributed by atoms with Gasteiger partial charge in [-0.3, -0.25) is 0 Å². The summed E-state index contributed by atoms with van der Waals surface area (Å²) in [6, 6.07) is 16.7. The highest BCUT2D eigenvalue weighted by molar-refractivity contribution is 9.10. The van der Waals surface area contributed by atoms with Crippen LogP contribution in [-0.2, 0) is 12.8 Å². The van der Waals surface area contributed by atoms with Gasteiger partial charge in [0.05, 0.1) is 6.10 Å². The lowest BCUT2D eigenvalue weighted by molar-refractivity contribution is 0.134. The van der Waals surface area contributed by atoms with Crippen molar-refractivity contribution in [3.05, 3.63) is 69.7 Å². The minimum absolute atomic E-state index is 0.270. The molecule has 104 valence electrons. The van der Waals surface area contributed by atoms with Gasteiger partial charge in [0.15, 0.2) is 0 Å². The Bertz CT molecular complexity index is 593. The number of halogens is 1. The highest BCUT2D eigenvalue weighted by Crippen LogP contribution is 2.35. The molecule has 1 nitrogen and oxygen atoms in total. The van der Waals surface area contributed by atoms with Crippen LogP contribution in [0.25, 0.3) is 0 Å². The number of rotatable bonds is 3. The normalized spacial score (nSPS) is 19.4. The largest absolute Gasteiger partial charge is 0.392 e. The summed E-state index contributed by atoms with van der Waals surface area (Å²) in [5.74, 6) is 0.270. The Morgan fingerprint density at radius 1 is 1.10 bits per heavy atom. The van der Waals surface area contributed by atoms with Crippen LogP contribution in [0, 0.1) is 0 Å². The van der Waals surface area contributed by atoms with Gasteiger partial charge in [0.2, 0.25) is 0 Å². The summed E-state index contributed by atoms with van der Waals surface area (Å²) in [4.78, 5) is 0. The molecule has 0 bridgehead atoms. The van der Waals surface area contributed by atoms with Gasteiger partial charge in [0.25, 0.3) is 0 Å². The van der Waals surface area contributed by atoms with Gasteiger partial charge in [-0.2, -0.15) is 0 Å². The lowest BCUT2D eigenvalue weighted by Gasteiger charge is -2.29. The van der Waals surface area contributed by atoms with E-state index in [0.717, 1.165) is 17.3 Å². The summed E-state index contributed by atoms with van der Waals surface area (Å²) < 4.78 is 1.09. The van der Waals surface area contributed by atoms with Crippen molar-refractivity contribution in [1.29, 1.82) is 0 Å². The predicted molar refractivity (Wildman–Crippen MR) is 86.0 cm³/mol. The van der Waals surface area contributed by atoms with Crippen molar-refractivity contribution in [2.24, 2.45) is 0 Å². The molecule has 2 unspecified atom stereocenters. The molecule has 0 saturated heterocycles. The molecule has 0 spiro atoms. The topological polar surface area (TPSA) is 20.2 Å². The SMILES string of the molecule is OC(Cc1ccccc1Br)C1CCCc2ccccc21. The fourth-order valence-corrected chi connectivity index (χ4v) is 3.67. The van der Waals surface area contributed by atoms with Crippen molar-refractivity contribution in [3.63, 3.8) is 0 Å². The van der Waals surface area contributed by atoms with Gasteiger partial charge in [0.1, 0.15) is 0 Å². The molecular weight excluding hydrogens is 312 g/mol. The van der Waals surface area contributed by atoms with Gasteiger partial charge in [-0.15, -0.1) is 0 Å². The van der Waals surface area contributed by atoms with E-state index in [0.29, 0.717) is 6.42 Å². The smallest absolute Gasteiger partial charge is 0.0649 e. The number of hydrogen-bond donors (Lipinski definition) is 1. The van der Waals surface area contributed by atoms with E-state index < -0.39 is 0 Å². The number of aliphatic hydroxyl groups excluding tert-OH is 1. The quantitative estimate of drug-likeness (QED) is 0.880. The number of fused-ring (bicyclic) bond motifs is 1. The molecule has 3 rings (SSSR count). The van der Waals surface area contributed by atoms with E-state index in [1.165, 1.54) is 23.1 Å². The molecule has 2 aromatic rings. The Morgan fingerprint density at radius 2 is 1.85 bits per heavy atom. The van der Waals surface area contributed by atoms with Crippen LogP contribution in [-0.4, -0.2) is 11.2 Å². The Hall–Kier alpha value is -1.12. The molecule has 1 aliphatic carbocycles. The summed E-state index contributed by atoms with van der Waals surface area (Å²) in [6.07, 6.45) is 3.81. The first-order chi connectivity index (χ1) is 9.75. The van der Waals surface area contributed by atoms with Crippen LogP contribution < -0.4 is 0 Å². The Balaban J connectivity index is 1.82. The second-order valence-electron chi connectivity index (χ2n) is 5.56. The van der Waals surface area contributed by atoms with Crippen LogP contribution in [0.1, 0.15) is 35.4 Å². The van der Waals surface area contributed by atoms with Crippen molar-refractivity contribution in [1.82, 2.24) is 0 Å². The summed E-state index contributed by atoms with van der Waals surface area (Å²) in [5.41, 5.74) is 3.94. The number of benzene rings is 2. The van der Waals surface area contributed by atoms with E-state index in [1.54, 1.807) is 0 Å². The van der Waals surface area contributed by atoms with Crippen molar-refractivity contribution >= 4 is 15.9 Å². The molecular formula is C18H19BrO. The second-order valence-corrected chi connectivity index (χ2v) is 6.41. The van der Waals surface area contributed by atoms with E-state index in [9.17, 15) is 5.11 Å². The van der Waals surface area contributed by atoms with E-state index in [4.69, 9.17) is 0 Å². The molecule has 0 saturated carbocycles. The van der Waals surface area contributed by atoms with Crippen LogP contribution >= 0.6 is 15.9 Å². The lowest BCUT2D eigenvalue weighted by Crippen LogP contribution is -2.25. The third kappa shape index (κ3) is 2.82. The van der Waals surface area contributed by atoms with Gasteiger partial charge in [0, 0.05) is 16.8 Å². The minimum Gasteiger partial charge on any atom is -0.392 e. The summed E-state index contributed by atoms with van der Waals surface area (Å²) in [5, 5.41) is 10.7. The molecule has 2 heteroatoms. The molecule has 0 aliphatic heterocycles. The number of aryl methyl sites for hydroxylation is 1. The van der Waals surface area contributed by atoms with Crippen molar-refractivity contribution in [2.75, 3.05) is 0 Å². The fraction of sp³-hybridized carbons (Fsp3) is 0.333. The zero-order valence-corrected chi connectivity index (χ0v) is 13.0. The van der Waals surface area contributed by atoms with E-state index in [-0.39, 0.29) is 12.0 Å². The zero-order chi connectivity index (χ0) is 13.9. The van der Waals surface area contributed by atoms with Gasteiger partial charge in [-0.25, -0.2) is 0 Å². The van der Waals surface area contributed by atoms with Gasteiger partial charge >= 0.3 is 0 Å². The Kier molecular flexibility index (Phi) is 4.23. The highest BCUT2D eigenvalue weighted by Gasteiger charge is 2.26.